The normalized spacial score (nSPS) is 10.5. The number of carbonyl (C=O) groups excluding carboxylic acids is 3. The molecule has 4 aromatic carbocycles. The first-order valence-electron chi connectivity index (χ1n) is 12.3. The van der Waals surface area contributed by atoms with Gasteiger partial charge in [0.2, 0.25) is 0 Å². The topological polar surface area (TPSA) is 78.9 Å². The minimum atomic E-state index is -0.483. The Kier molecular flexibility index (Phi) is 8.37. The summed E-state index contributed by atoms with van der Waals surface area (Å²) < 4.78 is 15.9. The van der Waals surface area contributed by atoms with Gasteiger partial charge in [0, 0.05) is 11.1 Å². The van der Waals surface area contributed by atoms with E-state index < -0.39 is 17.9 Å². The van der Waals surface area contributed by atoms with Gasteiger partial charge in [0.1, 0.15) is 19.0 Å². The van der Waals surface area contributed by atoms with E-state index in [1.165, 1.54) is 0 Å². The highest BCUT2D eigenvalue weighted by Crippen LogP contribution is 2.27. The smallest absolute Gasteiger partial charge is 0.343 e. The van der Waals surface area contributed by atoms with Crippen molar-refractivity contribution in [2.24, 2.45) is 0 Å². The first kappa shape index (κ1) is 27.1. The molecule has 0 unspecified atom stereocenters. The zero-order chi connectivity index (χ0) is 27.9. The van der Waals surface area contributed by atoms with Crippen molar-refractivity contribution in [2.75, 3.05) is 0 Å². The number of ether oxygens (including phenoxy) is 3. The quantitative estimate of drug-likeness (QED) is 0.135. The summed E-state index contributed by atoms with van der Waals surface area (Å²) in [7, 11) is 0. The van der Waals surface area contributed by atoms with Gasteiger partial charge in [-0.25, -0.2) is 14.4 Å². The molecule has 0 saturated heterocycles. The third-order valence-corrected chi connectivity index (χ3v) is 5.93. The van der Waals surface area contributed by atoms with E-state index in [0.29, 0.717) is 22.5 Å². The van der Waals surface area contributed by atoms with Gasteiger partial charge in [-0.05, 0) is 83.3 Å². The van der Waals surface area contributed by atoms with Crippen LogP contribution in [0.25, 0.3) is 21.9 Å². The Morgan fingerprint density at radius 2 is 1.13 bits per heavy atom. The lowest BCUT2D eigenvalue weighted by Gasteiger charge is -2.09. The van der Waals surface area contributed by atoms with E-state index in [0.717, 1.165) is 33.0 Å². The fourth-order valence-electron chi connectivity index (χ4n) is 3.73. The number of carbonyl (C=O) groups is 3. The zero-order valence-electron chi connectivity index (χ0n) is 21.9. The Bertz CT molecular complexity index is 1560. The highest BCUT2D eigenvalue weighted by atomic mass is 16.5. The van der Waals surface area contributed by atoms with Crippen LogP contribution in [0, 0.1) is 0 Å². The molecule has 4 rings (SSSR count). The first-order valence-corrected chi connectivity index (χ1v) is 12.3. The molecule has 0 spiro atoms. The summed E-state index contributed by atoms with van der Waals surface area (Å²) in [5.41, 5.74) is 4.74. The molecular weight excluding hydrogens is 492 g/mol. The maximum atomic E-state index is 12.6. The molecule has 0 aliphatic heterocycles. The Morgan fingerprint density at radius 1 is 0.615 bits per heavy atom. The molecule has 0 radical (unpaired) electrons. The lowest BCUT2D eigenvalue weighted by atomic mass is 10.00. The number of fused-ring (bicyclic) bond motifs is 1. The van der Waals surface area contributed by atoms with Gasteiger partial charge < -0.3 is 14.2 Å². The molecule has 6 nitrogen and oxygen atoms in total. The van der Waals surface area contributed by atoms with Crippen molar-refractivity contribution in [1.82, 2.24) is 0 Å². The molecule has 4 aromatic rings. The van der Waals surface area contributed by atoms with Gasteiger partial charge in [-0.1, -0.05) is 61.7 Å². The number of hydrogen-bond acceptors (Lipinski definition) is 6. The van der Waals surface area contributed by atoms with Gasteiger partial charge in [0.15, 0.2) is 0 Å². The van der Waals surface area contributed by atoms with Crippen molar-refractivity contribution in [1.29, 1.82) is 0 Å². The number of hydrogen-bond donors (Lipinski definition) is 0. The van der Waals surface area contributed by atoms with Crippen LogP contribution in [0.5, 0.6) is 5.75 Å². The van der Waals surface area contributed by atoms with E-state index in [1.54, 1.807) is 50.2 Å². The minimum Gasteiger partial charge on any atom is -0.457 e. The first-order chi connectivity index (χ1) is 18.7. The summed E-state index contributed by atoms with van der Waals surface area (Å²) >= 11 is 0. The van der Waals surface area contributed by atoms with Crippen LogP contribution in [0.2, 0.25) is 0 Å². The predicted octanol–water partition coefficient (Wildman–Crippen LogP) is 6.96. The van der Waals surface area contributed by atoms with Crippen molar-refractivity contribution >= 4 is 28.7 Å². The molecule has 0 heterocycles. The van der Waals surface area contributed by atoms with Gasteiger partial charge >= 0.3 is 17.9 Å². The van der Waals surface area contributed by atoms with Crippen molar-refractivity contribution < 1.29 is 28.6 Å². The van der Waals surface area contributed by atoms with Crippen LogP contribution in [0.4, 0.5) is 0 Å². The molecule has 39 heavy (non-hydrogen) atoms. The molecule has 0 aromatic heterocycles. The van der Waals surface area contributed by atoms with Crippen LogP contribution < -0.4 is 4.74 Å². The van der Waals surface area contributed by atoms with Gasteiger partial charge in [0.25, 0.3) is 0 Å². The molecule has 0 atom stereocenters. The molecular formula is C33H28O6. The van der Waals surface area contributed by atoms with E-state index in [4.69, 9.17) is 14.2 Å². The summed E-state index contributed by atoms with van der Waals surface area (Å²) in [5, 5.41) is 2.09. The Morgan fingerprint density at radius 3 is 1.74 bits per heavy atom. The number of rotatable bonds is 9. The second-order valence-electron chi connectivity index (χ2n) is 9.22. The van der Waals surface area contributed by atoms with Crippen LogP contribution in [0.1, 0.15) is 35.3 Å². The van der Waals surface area contributed by atoms with Crippen LogP contribution >= 0.6 is 0 Å². The van der Waals surface area contributed by atoms with Crippen LogP contribution in [0.15, 0.2) is 109 Å². The van der Waals surface area contributed by atoms with E-state index >= 15 is 0 Å². The third-order valence-electron chi connectivity index (χ3n) is 5.93. The standard InChI is InChI=1S/C33H28O6/c1-21(2)31(34)37-19-23-5-8-26(9-6-23)33(36)39-30-15-13-25(14-16-30)28-12-11-27-17-24(7-10-29(27)18-28)20-38-32(35)22(3)4/h5-18H,1,3,19-20H2,2,4H3. The summed E-state index contributed by atoms with van der Waals surface area (Å²) in [5.74, 6) is -0.920. The van der Waals surface area contributed by atoms with E-state index in [2.05, 4.69) is 19.2 Å². The lowest BCUT2D eigenvalue weighted by molar-refractivity contribution is -0.141. The van der Waals surface area contributed by atoms with E-state index in [1.807, 2.05) is 42.5 Å². The molecule has 0 aliphatic carbocycles. The predicted molar refractivity (Wildman–Crippen MR) is 150 cm³/mol. The molecule has 0 fully saturated rings. The second kappa shape index (κ2) is 12.0. The molecule has 0 bridgehead atoms. The second-order valence-corrected chi connectivity index (χ2v) is 9.22. The number of esters is 3. The molecule has 0 saturated carbocycles. The Labute approximate surface area is 227 Å². The lowest BCUT2D eigenvalue weighted by Crippen LogP contribution is -2.09. The molecule has 196 valence electrons. The monoisotopic (exact) mass is 520 g/mol. The van der Waals surface area contributed by atoms with E-state index in [-0.39, 0.29) is 13.2 Å². The van der Waals surface area contributed by atoms with Gasteiger partial charge in [0.05, 0.1) is 5.56 Å². The van der Waals surface area contributed by atoms with Crippen LogP contribution in [-0.2, 0) is 32.3 Å². The maximum absolute atomic E-state index is 12.6. The summed E-state index contributed by atoms with van der Waals surface area (Å²) in [6.07, 6.45) is 0. The maximum Gasteiger partial charge on any atom is 0.343 e. The molecule has 0 aliphatic rings. The summed E-state index contributed by atoms with van der Waals surface area (Å²) in [6, 6.07) is 26.0. The number of benzene rings is 4. The SMILES string of the molecule is C=C(C)C(=O)OCc1ccc(C(=O)Oc2ccc(-c3ccc4cc(COC(=O)C(=C)C)ccc4c3)cc2)cc1. The van der Waals surface area contributed by atoms with Gasteiger partial charge in [-0.2, -0.15) is 0 Å². The fraction of sp³-hybridized carbons (Fsp3) is 0.121. The van der Waals surface area contributed by atoms with Crippen molar-refractivity contribution in [3.05, 3.63) is 126 Å². The van der Waals surface area contributed by atoms with Gasteiger partial charge in [-0.3, -0.25) is 0 Å². The van der Waals surface area contributed by atoms with Crippen molar-refractivity contribution in [3.8, 4) is 16.9 Å². The Balaban J connectivity index is 1.37. The minimum absolute atomic E-state index is 0.100. The highest BCUT2D eigenvalue weighted by Gasteiger charge is 2.11. The average molecular weight is 521 g/mol. The van der Waals surface area contributed by atoms with Crippen molar-refractivity contribution in [3.63, 3.8) is 0 Å². The van der Waals surface area contributed by atoms with Crippen molar-refractivity contribution in [2.45, 2.75) is 27.1 Å². The van der Waals surface area contributed by atoms with Crippen LogP contribution in [-0.4, -0.2) is 17.9 Å². The van der Waals surface area contributed by atoms with Crippen LogP contribution in [0.3, 0.4) is 0 Å². The van der Waals surface area contributed by atoms with Gasteiger partial charge in [-0.15, -0.1) is 0 Å². The molecule has 0 N–H and O–H groups in total. The zero-order valence-corrected chi connectivity index (χ0v) is 21.9. The fourth-order valence-corrected chi connectivity index (χ4v) is 3.73. The summed E-state index contributed by atoms with van der Waals surface area (Å²) in [6.45, 7) is 10.6. The molecule has 0 amide bonds. The largest absolute Gasteiger partial charge is 0.457 e. The molecule has 6 heteroatoms. The third kappa shape index (κ3) is 7.08. The van der Waals surface area contributed by atoms with E-state index in [9.17, 15) is 14.4 Å². The Hall–Kier alpha value is -4.97. The average Bonchev–Trinajstić information content (AvgIpc) is 2.94. The summed E-state index contributed by atoms with van der Waals surface area (Å²) in [4.78, 5) is 35.7. The highest BCUT2D eigenvalue weighted by molar-refractivity contribution is 5.91.